The van der Waals surface area contributed by atoms with Gasteiger partial charge >= 0.3 is 0 Å². The van der Waals surface area contributed by atoms with Crippen LogP contribution in [0.3, 0.4) is 0 Å². The summed E-state index contributed by atoms with van der Waals surface area (Å²) in [6, 6.07) is 5.63. The van der Waals surface area contributed by atoms with Crippen molar-refractivity contribution >= 4 is 17.7 Å². The molecule has 1 aromatic heterocycles. The number of amides is 1. The first kappa shape index (κ1) is 22.5. The molecule has 0 spiro atoms. The zero-order chi connectivity index (χ0) is 21.7. The first-order valence-corrected chi connectivity index (χ1v) is 11.1. The number of nitrogens with zero attached hydrogens (tertiary/aromatic N) is 2. The van der Waals surface area contributed by atoms with Gasteiger partial charge in [-0.1, -0.05) is 17.8 Å². The standard InChI is InChI=1S/C22H31N3O4S/c1-14-15(2)25(13-18-7-6-10-29-18)22(24-14)30-16(3)21(26)23-12-17-8-9-19(27-4)20(11-17)28-5/h8-9,11,16,18H,6-7,10,12-13H2,1-5H3,(H,23,26)/t16-,18-/m0/s1. The van der Waals surface area contributed by atoms with Gasteiger partial charge in [-0.25, -0.2) is 4.98 Å². The van der Waals surface area contributed by atoms with Crippen molar-refractivity contribution in [3.63, 3.8) is 0 Å². The van der Waals surface area contributed by atoms with Gasteiger partial charge in [0.2, 0.25) is 5.91 Å². The summed E-state index contributed by atoms with van der Waals surface area (Å²) in [5.41, 5.74) is 3.07. The van der Waals surface area contributed by atoms with Crippen molar-refractivity contribution in [3.8, 4) is 11.5 Å². The molecule has 1 N–H and O–H groups in total. The first-order chi connectivity index (χ1) is 14.4. The molecule has 0 unspecified atom stereocenters. The summed E-state index contributed by atoms with van der Waals surface area (Å²) in [5.74, 6) is 1.28. The van der Waals surface area contributed by atoms with Crippen LogP contribution < -0.4 is 14.8 Å². The van der Waals surface area contributed by atoms with Gasteiger partial charge in [-0.2, -0.15) is 0 Å². The van der Waals surface area contributed by atoms with Gasteiger partial charge in [-0.15, -0.1) is 0 Å². The van der Waals surface area contributed by atoms with E-state index >= 15 is 0 Å². The van der Waals surface area contributed by atoms with Crippen molar-refractivity contribution in [2.45, 2.75) is 63.2 Å². The van der Waals surface area contributed by atoms with E-state index in [0.29, 0.717) is 18.0 Å². The second kappa shape index (κ2) is 10.2. The highest BCUT2D eigenvalue weighted by molar-refractivity contribution is 8.00. The van der Waals surface area contributed by atoms with E-state index in [9.17, 15) is 4.79 Å². The second-order valence-corrected chi connectivity index (χ2v) is 8.79. The Labute approximate surface area is 182 Å². The van der Waals surface area contributed by atoms with Crippen molar-refractivity contribution in [1.29, 1.82) is 0 Å². The van der Waals surface area contributed by atoms with Crippen molar-refractivity contribution < 1.29 is 19.0 Å². The number of ether oxygens (including phenoxy) is 3. The van der Waals surface area contributed by atoms with Gasteiger partial charge in [0, 0.05) is 18.8 Å². The lowest BCUT2D eigenvalue weighted by Gasteiger charge is -2.17. The van der Waals surface area contributed by atoms with Gasteiger partial charge in [-0.3, -0.25) is 4.79 Å². The molecule has 30 heavy (non-hydrogen) atoms. The molecule has 2 aromatic rings. The smallest absolute Gasteiger partial charge is 0.233 e. The third-order valence-corrected chi connectivity index (χ3v) is 6.49. The zero-order valence-electron chi connectivity index (χ0n) is 18.4. The molecule has 2 atom stereocenters. The number of hydrogen-bond acceptors (Lipinski definition) is 6. The van der Waals surface area contributed by atoms with Crippen molar-refractivity contribution in [3.05, 3.63) is 35.2 Å². The van der Waals surface area contributed by atoms with E-state index < -0.39 is 0 Å². The number of methoxy groups -OCH3 is 2. The highest BCUT2D eigenvalue weighted by Crippen LogP contribution is 2.29. The lowest BCUT2D eigenvalue weighted by atomic mass is 10.2. The number of carbonyl (C=O) groups is 1. The Hall–Kier alpha value is -2.19. The second-order valence-electron chi connectivity index (χ2n) is 7.48. The average Bonchev–Trinajstić information content (AvgIpc) is 3.35. The van der Waals surface area contributed by atoms with Gasteiger partial charge in [0.25, 0.3) is 0 Å². The van der Waals surface area contributed by atoms with Gasteiger partial charge in [0.15, 0.2) is 16.7 Å². The molecule has 1 amide bonds. The number of aromatic nitrogens is 2. The number of hydrogen-bond donors (Lipinski definition) is 1. The molecule has 2 heterocycles. The Morgan fingerprint density at radius 3 is 2.77 bits per heavy atom. The number of carbonyl (C=O) groups excluding carboxylic acids is 1. The minimum Gasteiger partial charge on any atom is -0.493 e. The summed E-state index contributed by atoms with van der Waals surface area (Å²) < 4.78 is 18.6. The first-order valence-electron chi connectivity index (χ1n) is 10.2. The fraction of sp³-hybridized carbons (Fsp3) is 0.545. The fourth-order valence-electron chi connectivity index (χ4n) is 3.46. The fourth-order valence-corrected chi connectivity index (χ4v) is 4.49. The van der Waals surface area contributed by atoms with Gasteiger partial charge in [0.1, 0.15) is 0 Å². The van der Waals surface area contributed by atoms with Crippen molar-refractivity contribution in [1.82, 2.24) is 14.9 Å². The van der Waals surface area contributed by atoms with Crippen LogP contribution in [0.1, 0.15) is 36.7 Å². The minimum absolute atomic E-state index is 0.0308. The van der Waals surface area contributed by atoms with E-state index in [2.05, 4.69) is 16.8 Å². The molecule has 1 aliphatic rings. The van der Waals surface area contributed by atoms with Crippen molar-refractivity contribution in [2.75, 3.05) is 20.8 Å². The Morgan fingerprint density at radius 1 is 1.33 bits per heavy atom. The number of imidazole rings is 1. The van der Waals surface area contributed by atoms with Crippen LogP contribution in [0.25, 0.3) is 0 Å². The molecule has 0 aliphatic carbocycles. The molecule has 1 saturated heterocycles. The minimum atomic E-state index is -0.269. The molecule has 7 nitrogen and oxygen atoms in total. The summed E-state index contributed by atoms with van der Waals surface area (Å²) in [7, 11) is 3.20. The molecule has 0 bridgehead atoms. The third kappa shape index (κ3) is 5.29. The van der Waals surface area contributed by atoms with E-state index in [1.807, 2.05) is 32.0 Å². The van der Waals surface area contributed by atoms with E-state index in [1.165, 1.54) is 11.8 Å². The van der Waals surface area contributed by atoms with E-state index in [0.717, 1.165) is 48.1 Å². The maximum Gasteiger partial charge on any atom is 0.233 e. The molecular weight excluding hydrogens is 402 g/mol. The molecular formula is C22H31N3O4S. The quantitative estimate of drug-likeness (QED) is 0.610. The lowest BCUT2D eigenvalue weighted by molar-refractivity contribution is -0.120. The van der Waals surface area contributed by atoms with Crippen molar-refractivity contribution in [2.24, 2.45) is 0 Å². The van der Waals surface area contributed by atoms with Gasteiger partial charge in [-0.05, 0) is 51.3 Å². The zero-order valence-corrected chi connectivity index (χ0v) is 19.2. The van der Waals surface area contributed by atoms with Crippen LogP contribution in [0.4, 0.5) is 0 Å². The highest BCUT2D eigenvalue weighted by Gasteiger charge is 2.23. The molecule has 1 fully saturated rings. The van der Waals surface area contributed by atoms with Crippen LogP contribution in [0.15, 0.2) is 23.4 Å². The number of nitrogens with one attached hydrogen (secondary N) is 1. The predicted octanol–water partition coefficient (Wildman–Crippen LogP) is 3.49. The summed E-state index contributed by atoms with van der Waals surface area (Å²) in [6.07, 6.45) is 2.41. The highest BCUT2D eigenvalue weighted by atomic mass is 32.2. The molecule has 0 radical (unpaired) electrons. The van der Waals surface area contributed by atoms with E-state index in [1.54, 1.807) is 14.2 Å². The monoisotopic (exact) mass is 433 g/mol. The Bertz CT molecular complexity index is 878. The summed E-state index contributed by atoms with van der Waals surface area (Å²) >= 11 is 1.49. The van der Waals surface area contributed by atoms with Crippen LogP contribution in [-0.4, -0.2) is 47.6 Å². The average molecular weight is 434 g/mol. The Kier molecular flexibility index (Phi) is 7.66. The van der Waals surface area contributed by atoms with Crippen LogP contribution in [0, 0.1) is 13.8 Å². The largest absolute Gasteiger partial charge is 0.493 e. The van der Waals surface area contributed by atoms with Crippen LogP contribution in [0.5, 0.6) is 11.5 Å². The summed E-state index contributed by atoms with van der Waals surface area (Å²) in [5, 5.41) is 3.60. The number of thioether (sulfide) groups is 1. The SMILES string of the molecule is COc1ccc(CNC(=O)[C@H](C)Sc2nc(C)c(C)n2C[C@@H]2CCCO2)cc1OC. The lowest BCUT2D eigenvalue weighted by Crippen LogP contribution is -2.30. The summed E-state index contributed by atoms with van der Waals surface area (Å²) in [4.78, 5) is 17.4. The van der Waals surface area contributed by atoms with E-state index in [-0.39, 0.29) is 17.3 Å². The molecule has 1 aromatic carbocycles. The topological polar surface area (TPSA) is 74.6 Å². The van der Waals surface area contributed by atoms with Crippen LogP contribution >= 0.6 is 11.8 Å². The molecule has 164 valence electrons. The van der Waals surface area contributed by atoms with Crippen LogP contribution in [-0.2, 0) is 22.6 Å². The number of rotatable bonds is 9. The maximum atomic E-state index is 12.7. The number of aryl methyl sites for hydroxylation is 1. The molecule has 8 heteroatoms. The molecule has 1 aliphatic heterocycles. The number of benzene rings is 1. The summed E-state index contributed by atoms with van der Waals surface area (Å²) in [6.45, 7) is 8.02. The molecule has 3 rings (SSSR count). The Morgan fingerprint density at radius 2 is 2.10 bits per heavy atom. The van der Waals surface area contributed by atoms with Gasteiger partial charge < -0.3 is 24.1 Å². The third-order valence-electron chi connectivity index (χ3n) is 5.40. The normalized spacial score (nSPS) is 17.0. The Balaban J connectivity index is 1.61. The van der Waals surface area contributed by atoms with Gasteiger partial charge in [0.05, 0.1) is 37.8 Å². The molecule has 0 saturated carbocycles. The van der Waals surface area contributed by atoms with Crippen LogP contribution in [0.2, 0.25) is 0 Å². The predicted molar refractivity (Wildman–Crippen MR) is 117 cm³/mol. The maximum absolute atomic E-state index is 12.7. The van der Waals surface area contributed by atoms with E-state index in [4.69, 9.17) is 19.2 Å².